The number of benzene rings is 1. The van der Waals surface area contributed by atoms with E-state index in [9.17, 15) is 19.2 Å². The third-order valence-electron chi connectivity index (χ3n) is 4.29. The van der Waals surface area contributed by atoms with Crippen LogP contribution in [0.15, 0.2) is 47.6 Å². The summed E-state index contributed by atoms with van der Waals surface area (Å²) in [7, 11) is 2.96. The molecule has 1 N–H and O–H groups in total. The second-order valence-electron chi connectivity index (χ2n) is 6.31. The van der Waals surface area contributed by atoms with E-state index in [1.54, 1.807) is 30.3 Å². The molecule has 2 aromatic rings. The first-order chi connectivity index (χ1) is 14.4. The van der Waals surface area contributed by atoms with E-state index in [1.807, 2.05) is 0 Å². The van der Waals surface area contributed by atoms with Crippen molar-refractivity contribution in [2.24, 2.45) is 0 Å². The van der Waals surface area contributed by atoms with Gasteiger partial charge < -0.3 is 14.8 Å². The number of aromatic nitrogens is 1. The average molecular weight is 429 g/mol. The Morgan fingerprint density at radius 3 is 2.60 bits per heavy atom. The number of pyridine rings is 1. The molecule has 3 amide bonds. The topological polar surface area (TPSA) is 115 Å². The maximum atomic E-state index is 12.5. The minimum absolute atomic E-state index is 0.0370. The molecular weight excluding hydrogens is 410 g/mol. The smallest absolute Gasteiger partial charge is 0.341 e. The number of carbonyl (C=O) groups is 4. The van der Waals surface area contributed by atoms with Gasteiger partial charge in [0.25, 0.3) is 5.91 Å². The van der Waals surface area contributed by atoms with Crippen molar-refractivity contribution < 1.29 is 28.7 Å². The van der Waals surface area contributed by atoms with Gasteiger partial charge >= 0.3 is 5.97 Å². The Balaban J connectivity index is 1.59. The molecule has 0 saturated carbocycles. The Hall–Kier alpha value is -3.40. The maximum Gasteiger partial charge on any atom is 0.341 e. The molecule has 156 valence electrons. The minimum Gasteiger partial charge on any atom is -0.497 e. The number of imide groups is 1. The van der Waals surface area contributed by atoms with Crippen molar-refractivity contribution >= 4 is 41.1 Å². The van der Waals surface area contributed by atoms with E-state index in [-0.39, 0.29) is 28.8 Å². The Morgan fingerprint density at radius 1 is 1.23 bits per heavy atom. The Labute approximate surface area is 176 Å². The van der Waals surface area contributed by atoms with Gasteiger partial charge in [0.15, 0.2) is 6.61 Å². The van der Waals surface area contributed by atoms with Crippen molar-refractivity contribution in [3.63, 3.8) is 0 Å². The molecule has 1 aromatic heterocycles. The van der Waals surface area contributed by atoms with E-state index < -0.39 is 23.7 Å². The van der Waals surface area contributed by atoms with Crippen molar-refractivity contribution in [3.8, 4) is 5.75 Å². The van der Waals surface area contributed by atoms with E-state index >= 15 is 0 Å². The minimum atomic E-state index is -0.749. The van der Waals surface area contributed by atoms with Gasteiger partial charge in [-0.15, -0.1) is 0 Å². The highest BCUT2D eigenvalue weighted by Crippen LogP contribution is 2.31. The van der Waals surface area contributed by atoms with Crippen LogP contribution in [0.3, 0.4) is 0 Å². The van der Waals surface area contributed by atoms with Gasteiger partial charge in [0.05, 0.1) is 17.9 Å². The number of rotatable bonds is 7. The molecule has 30 heavy (non-hydrogen) atoms. The van der Waals surface area contributed by atoms with E-state index in [0.717, 1.165) is 16.7 Å². The molecule has 0 bridgehead atoms. The molecule has 0 radical (unpaired) electrons. The maximum absolute atomic E-state index is 12.5. The predicted octanol–water partition coefficient (Wildman–Crippen LogP) is 1.74. The summed E-state index contributed by atoms with van der Waals surface area (Å²) in [6.07, 6.45) is 1.51. The van der Waals surface area contributed by atoms with Gasteiger partial charge in [0.1, 0.15) is 10.8 Å². The van der Waals surface area contributed by atoms with Crippen molar-refractivity contribution in [2.75, 3.05) is 26.1 Å². The monoisotopic (exact) mass is 429 g/mol. The average Bonchev–Trinajstić information content (AvgIpc) is 2.99. The van der Waals surface area contributed by atoms with Gasteiger partial charge in [0, 0.05) is 25.4 Å². The van der Waals surface area contributed by atoms with Crippen molar-refractivity contribution in [1.82, 2.24) is 9.88 Å². The van der Waals surface area contributed by atoms with Crippen LogP contribution in [0.25, 0.3) is 0 Å². The number of ether oxygens (including phenoxy) is 2. The van der Waals surface area contributed by atoms with Crippen LogP contribution in [0.2, 0.25) is 0 Å². The lowest BCUT2D eigenvalue weighted by molar-refractivity contribution is -0.136. The number of methoxy groups -OCH3 is 1. The molecule has 9 nitrogen and oxygen atoms in total. The zero-order valence-electron chi connectivity index (χ0n) is 16.3. The first-order valence-electron chi connectivity index (χ1n) is 8.92. The number of hydrogen-bond acceptors (Lipinski definition) is 8. The highest BCUT2D eigenvalue weighted by atomic mass is 32.2. The van der Waals surface area contributed by atoms with E-state index in [0.29, 0.717) is 11.4 Å². The zero-order valence-corrected chi connectivity index (χ0v) is 17.1. The van der Waals surface area contributed by atoms with Gasteiger partial charge in [0.2, 0.25) is 11.8 Å². The predicted molar refractivity (Wildman–Crippen MR) is 108 cm³/mol. The highest BCUT2D eigenvalue weighted by molar-refractivity contribution is 8.00. The largest absolute Gasteiger partial charge is 0.497 e. The van der Waals surface area contributed by atoms with E-state index in [1.165, 1.54) is 26.4 Å². The molecular formula is C20H19N3O6S. The summed E-state index contributed by atoms with van der Waals surface area (Å²) >= 11 is 1.03. The summed E-state index contributed by atoms with van der Waals surface area (Å²) in [6.45, 7) is -0.493. The van der Waals surface area contributed by atoms with Crippen molar-refractivity contribution in [3.05, 3.63) is 48.2 Å². The Bertz CT molecular complexity index is 979. The second kappa shape index (κ2) is 9.40. The normalized spacial score (nSPS) is 15.8. The number of nitrogens with one attached hydrogen (secondary N) is 1. The van der Waals surface area contributed by atoms with Crippen LogP contribution < -0.4 is 10.1 Å². The molecule has 2 heterocycles. The van der Waals surface area contributed by atoms with Crippen LogP contribution in [-0.4, -0.2) is 59.6 Å². The fourth-order valence-corrected chi connectivity index (χ4v) is 3.82. The summed E-state index contributed by atoms with van der Waals surface area (Å²) in [5, 5.41) is 2.22. The lowest BCUT2D eigenvalue weighted by atomic mass is 10.3. The highest BCUT2D eigenvalue weighted by Gasteiger charge is 2.37. The second-order valence-corrected chi connectivity index (χ2v) is 7.50. The number of likely N-dealkylation sites (tertiary alicyclic amines) is 1. The molecule has 0 aliphatic carbocycles. The number of esters is 1. The molecule has 1 unspecified atom stereocenters. The number of hydrogen-bond donors (Lipinski definition) is 1. The van der Waals surface area contributed by atoms with Crippen LogP contribution in [0.5, 0.6) is 5.75 Å². The standard InChI is InChI=1S/C20H19N3O6S/c1-23-17(25)10-15(19(23)26)30-18-14(4-3-9-21-18)20(27)29-11-16(24)22-12-5-7-13(28-2)8-6-12/h3-9,15H,10-11H2,1-2H3,(H,22,24). The summed E-state index contributed by atoms with van der Waals surface area (Å²) in [6, 6.07) is 9.73. The van der Waals surface area contributed by atoms with Crippen LogP contribution in [0.4, 0.5) is 5.69 Å². The summed E-state index contributed by atoms with van der Waals surface area (Å²) < 4.78 is 10.1. The van der Waals surface area contributed by atoms with Crippen LogP contribution in [0.1, 0.15) is 16.8 Å². The van der Waals surface area contributed by atoms with Gasteiger partial charge in [-0.25, -0.2) is 9.78 Å². The molecule has 10 heteroatoms. The zero-order chi connectivity index (χ0) is 21.7. The summed E-state index contributed by atoms with van der Waals surface area (Å²) in [5.41, 5.74) is 0.651. The lowest BCUT2D eigenvalue weighted by Gasteiger charge is -2.11. The van der Waals surface area contributed by atoms with Crippen molar-refractivity contribution in [1.29, 1.82) is 0 Å². The van der Waals surface area contributed by atoms with E-state index in [2.05, 4.69) is 10.3 Å². The number of carbonyl (C=O) groups excluding carboxylic acids is 4. The number of amides is 3. The fourth-order valence-electron chi connectivity index (χ4n) is 2.67. The van der Waals surface area contributed by atoms with Gasteiger partial charge in [-0.1, -0.05) is 11.8 Å². The molecule has 1 aromatic carbocycles. The van der Waals surface area contributed by atoms with Gasteiger partial charge in [-0.05, 0) is 36.4 Å². The molecule has 1 saturated heterocycles. The van der Waals surface area contributed by atoms with E-state index in [4.69, 9.17) is 9.47 Å². The molecule has 3 rings (SSSR count). The molecule has 1 aliphatic rings. The number of anilines is 1. The SMILES string of the molecule is COc1ccc(NC(=O)COC(=O)c2cccnc2SC2CC(=O)N(C)C2=O)cc1. The third kappa shape index (κ3) is 4.95. The van der Waals surface area contributed by atoms with Crippen molar-refractivity contribution in [2.45, 2.75) is 16.7 Å². The fraction of sp³-hybridized carbons (Fsp3) is 0.250. The number of nitrogens with zero attached hydrogens (tertiary/aromatic N) is 2. The molecule has 1 atom stereocenters. The lowest BCUT2D eigenvalue weighted by Crippen LogP contribution is -2.26. The molecule has 1 aliphatic heterocycles. The van der Waals surface area contributed by atoms with Crippen LogP contribution >= 0.6 is 11.8 Å². The summed E-state index contributed by atoms with van der Waals surface area (Å²) in [5.74, 6) is -1.23. The van der Waals surface area contributed by atoms with Crippen LogP contribution in [-0.2, 0) is 19.1 Å². The quantitative estimate of drug-likeness (QED) is 0.523. The first-order valence-corrected chi connectivity index (χ1v) is 9.80. The molecule has 1 fully saturated rings. The number of thioether (sulfide) groups is 1. The van der Waals surface area contributed by atoms with Gasteiger partial charge in [-0.3, -0.25) is 19.3 Å². The third-order valence-corrected chi connectivity index (χ3v) is 5.49. The van der Waals surface area contributed by atoms with Gasteiger partial charge in [-0.2, -0.15) is 0 Å². The first kappa shape index (κ1) is 21.3. The summed E-state index contributed by atoms with van der Waals surface area (Å²) in [4.78, 5) is 53.5. The molecule has 0 spiro atoms. The Kier molecular flexibility index (Phi) is 6.68. The van der Waals surface area contributed by atoms with Crippen LogP contribution in [0, 0.1) is 0 Å². The Morgan fingerprint density at radius 2 is 1.97 bits per heavy atom.